The number of methoxy groups -OCH3 is 1. The molecule has 0 unspecified atom stereocenters. The first kappa shape index (κ1) is 23.1. The normalized spacial score (nSPS) is 13.8. The number of piperazine rings is 1. The van der Waals surface area contributed by atoms with Crippen LogP contribution in [0.25, 0.3) is 27.9 Å². The van der Waals surface area contributed by atoms with Crippen molar-refractivity contribution in [3.63, 3.8) is 0 Å². The van der Waals surface area contributed by atoms with E-state index in [2.05, 4.69) is 20.4 Å². The van der Waals surface area contributed by atoms with Crippen molar-refractivity contribution in [3.05, 3.63) is 77.8 Å². The van der Waals surface area contributed by atoms with Crippen LogP contribution in [-0.4, -0.2) is 63.8 Å². The molecular weight excluding hydrogens is 490 g/mol. The van der Waals surface area contributed by atoms with Crippen LogP contribution in [0, 0.1) is 0 Å². The van der Waals surface area contributed by atoms with Gasteiger partial charge in [-0.3, -0.25) is 0 Å². The zero-order chi connectivity index (χ0) is 25.4. The lowest BCUT2D eigenvalue weighted by molar-refractivity contribution is 0.208. The average Bonchev–Trinajstić information content (AvgIpc) is 3.38. The number of ether oxygens (including phenoxy) is 1. The highest BCUT2D eigenvalue weighted by atomic mass is 35.5. The van der Waals surface area contributed by atoms with E-state index >= 15 is 0 Å². The van der Waals surface area contributed by atoms with Crippen molar-refractivity contribution >= 4 is 45.8 Å². The van der Waals surface area contributed by atoms with E-state index in [0.29, 0.717) is 54.4 Å². The van der Waals surface area contributed by atoms with Gasteiger partial charge in [0.2, 0.25) is 5.95 Å². The maximum atomic E-state index is 12.8. The summed E-state index contributed by atoms with van der Waals surface area (Å²) in [5, 5.41) is 13.5. The van der Waals surface area contributed by atoms with Gasteiger partial charge in [-0.15, -0.1) is 10.2 Å². The maximum absolute atomic E-state index is 12.8. The largest absolute Gasteiger partial charge is 0.496 e. The van der Waals surface area contributed by atoms with Crippen molar-refractivity contribution in [2.45, 2.75) is 0 Å². The molecule has 0 aliphatic carbocycles. The van der Waals surface area contributed by atoms with Gasteiger partial charge in [0, 0.05) is 42.3 Å². The SMILES string of the molecule is COc1ccccc1-c1nnc2c3ccc(Cl)cc3nc(N3CCN(C(=O)Nc4ccccc4)CC3)n12. The molecule has 186 valence electrons. The topological polar surface area (TPSA) is 87.9 Å². The molecule has 9 nitrogen and oxygen atoms in total. The number of anilines is 2. The Bertz CT molecular complexity index is 1600. The highest BCUT2D eigenvalue weighted by Gasteiger charge is 2.26. The van der Waals surface area contributed by atoms with Gasteiger partial charge in [-0.1, -0.05) is 41.9 Å². The molecule has 0 atom stereocenters. The number of halogens is 1. The molecule has 1 aliphatic rings. The summed E-state index contributed by atoms with van der Waals surface area (Å²) >= 11 is 6.31. The quantitative estimate of drug-likeness (QED) is 0.365. The van der Waals surface area contributed by atoms with Crippen molar-refractivity contribution in [2.24, 2.45) is 0 Å². The van der Waals surface area contributed by atoms with E-state index < -0.39 is 0 Å². The number of carbonyl (C=O) groups is 1. The van der Waals surface area contributed by atoms with E-state index in [-0.39, 0.29) is 6.03 Å². The standard InChI is InChI=1S/C27H24ClN7O2/c1-37-23-10-6-5-9-21(23)25-32-31-24-20-12-11-18(28)17-22(20)30-26(35(24)25)33-13-15-34(16-14-33)27(36)29-19-7-3-2-4-8-19/h2-12,17H,13-16H2,1H3,(H,29,36). The smallest absolute Gasteiger partial charge is 0.321 e. The second-order valence-corrected chi connectivity index (χ2v) is 9.16. The summed E-state index contributed by atoms with van der Waals surface area (Å²) < 4.78 is 7.58. The van der Waals surface area contributed by atoms with Gasteiger partial charge in [-0.2, -0.15) is 0 Å². The molecule has 5 aromatic rings. The number of amides is 2. The van der Waals surface area contributed by atoms with Crippen LogP contribution in [-0.2, 0) is 0 Å². The summed E-state index contributed by atoms with van der Waals surface area (Å²) in [7, 11) is 1.64. The second kappa shape index (κ2) is 9.59. The van der Waals surface area contributed by atoms with Gasteiger partial charge in [0.05, 0.1) is 18.2 Å². The van der Waals surface area contributed by atoms with E-state index in [0.717, 1.165) is 22.2 Å². The van der Waals surface area contributed by atoms with E-state index in [4.69, 9.17) is 21.3 Å². The number of fused-ring (bicyclic) bond motifs is 3. The molecule has 1 fully saturated rings. The molecule has 1 aliphatic heterocycles. The predicted octanol–water partition coefficient (Wildman–Crippen LogP) is 4.96. The Morgan fingerprint density at radius 1 is 0.946 bits per heavy atom. The molecule has 37 heavy (non-hydrogen) atoms. The summed E-state index contributed by atoms with van der Waals surface area (Å²) in [4.78, 5) is 21.8. The number of carbonyl (C=O) groups excluding carboxylic acids is 1. The summed E-state index contributed by atoms with van der Waals surface area (Å²) in [6.07, 6.45) is 0. The third-order valence-electron chi connectivity index (χ3n) is 6.51. The fourth-order valence-corrected chi connectivity index (χ4v) is 4.81. The van der Waals surface area contributed by atoms with Crippen LogP contribution >= 0.6 is 11.6 Å². The fourth-order valence-electron chi connectivity index (χ4n) is 4.64. The first-order chi connectivity index (χ1) is 18.1. The number of rotatable bonds is 4. The Kier molecular flexibility index (Phi) is 5.97. The molecule has 0 bridgehead atoms. The number of nitrogens with one attached hydrogen (secondary N) is 1. The van der Waals surface area contributed by atoms with Gasteiger partial charge < -0.3 is 19.9 Å². The Morgan fingerprint density at radius 3 is 2.49 bits per heavy atom. The molecule has 6 rings (SSSR count). The third-order valence-corrected chi connectivity index (χ3v) is 6.74. The number of aromatic nitrogens is 4. The highest BCUT2D eigenvalue weighted by molar-refractivity contribution is 6.31. The number of nitrogens with zero attached hydrogens (tertiary/aromatic N) is 6. The molecule has 3 heterocycles. The van der Waals surface area contributed by atoms with Gasteiger partial charge >= 0.3 is 6.03 Å². The van der Waals surface area contributed by atoms with Crippen LogP contribution in [0.5, 0.6) is 5.75 Å². The van der Waals surface area contributed by atoms with Crippen molar-refractivity contribution in [1.82, 2.24) is 24.5 Å². The van der Waals surface area contributed by atoms with Crippen LogP contribution in [0.3, 0.4) is 0 Å². The first-order valence-electron chi connectivity index (χ1n) is 12.0. The fraction of sp³-hybridized carbons (Fsp3) is 0.185. The summed E-state index contributed by atoms with van der Waals surface area (Å²) in [6, 6.07) is 22.6. The lowest BCUT2D eigenvalue weighted by Gasteiger charge is -2.35. The Hall–Kier alpha value is -4.37. The Balaban J connectivity index is 1.38. The number of hydrogen-bond acceptors (Lipinski definition) is 6. The number of urea groups is 1. The molecule has 10 heteroatoms. The minimum Gasteiger partial charge on any atom is -0.496 e. The van der Waals surface area contributed by atoms with Crippen LogP contribution in [0.15, 0.2) is 72.8 Å². The van der Waals surface area contributed by atoms with Gasteiger partial charge in [0.15, 0.2) is 11.5 Å². The van der Waals surface area contributed by atoms with Crippen LogP contribution in [0.2, 0.25) is 5.02 Å². The zero-order valence-electron chi connectivity index (χ0n) is 20.1. The molecule has 3 aromatic carbocycles. The first-order valence-corrected chi connectivity index (χ1v) is 12.3. The molecule has 2 aromatic heterocycles. The predicted molar refractivity (Wildman–Crippen MR) is 145 cm³/mol. The van der Waals surface area contributed by atoms with Crippen LogP contribution in [0.4, 0.5) is 16.4 Å². The third kappa shape index (κ3) is 4.27. The minimum atomic E-state index is -0.117. The van der Waals surface area contributed by atoms with E-state index in [1.807, 2.05) is 82.1 Å². The van der Waals surface area contributed by atoms with E-state index in [9.17, 15) is 4.79 Å². The van der Waals surface area contributed by atoms with Gasteiger partial charge in [0.25, 0.3) is 0 Å². The summed E-state index contributed by atoms with van der Waals surface area (Å²) in [5.41, 5.74) is 3.01. The molecule has 1 saturated heterocycles. The zero-order valence-corrected chi connectivity index (χ0v) is 20.9. The Labute approximate surface area is 218 Å². The number of hydrogen-bond donors (Lipinski definition) is 1. The summed E-state index contributed by atoms with van der Waals surface area (Å²) in [5.74, 6) is 2.02. The van der Waals surface area contributed by atoms with Crippen molar-refractivity contribution in [3.8, 4) is 17.1 Å². The minimum absolute atomic E-state index is 0.117. The lowest BCUT2D eigenvalue weighted by atomic mass is 10.2. The van der Waals surface area contributed by atoms with E-state index in [1.165, 1.54) is 0 Å². The van der Waals surface area contributed by atoms with Gasteiger partial charge in [-0.25, -0.2) is 14.2 Å². The average molecular weight is 514 g/mol. The van der Waals surface area contributed by atoms with Gasteiger partial charge in [-0.05, 0) is 42.5 Å². The maximum Gasteiger partial charge on any atom is 0.321 e. The number of benzene rings is 3. The Morgan fingerprint density at radius 2 is 1.70 bits per heavy atom. The van der Waals surface area contributed by atoms with Crippen molar-refractivity contribution < 1.29 is 9.53 Å². The van der Waals surface area contributed by atoms with Crippen molar-refractivity contribution in [1.29, 1.82) is 0 Å². The monoisotopic (exact) mass is 513 g/mol. The molecular formula is C27H24ClN7O2. The van der Waals surface area contributed by atoms with Gasteiger partial charge in [0.1, 0.15) is 5.75 Å². The van der Waals surface area contributed by atoms with Crippen molar-refractivity contribution in [2.75, 3.05) is 43.5 Å². The lowest BCUT2D eigenvalue weighted by Crippen LogP contribution is -2.50. The van der Waals surface area contributed by atoms with Crippen LogP contribution in [0.1, 0.15) is 0 Å². The molecule has 2 amide bonds. The molecule has 0 saturated carbocycles. The summed E-state index contributed by atoms with van der Waals surface area (Å²) in [6.45, 7) is 2.28. The number of para-hydroxylation sites is 2. The van der Waals surface area contributed by atoms with Crippen LogP contribution < -0.4 is 15.0 Å². The molecule has 1 N–H and O–H groups in total. The van der Waals surface area contributed by atoms with E-state index in [1.54, 1.807) is 7.11 Å². The molecule has 0 spiro atoms. The molecule has 0 radical (unpaired) electrons. The highest BCUT2D eigenvalue weighted by Crippen LogP contribution is 2.33. The second-order valence-electron chi connectivity index (χ2n) is 8.73.